The lowest BCUT2D eigenvalue weighted by molar-refractivity contribution is -0.138. The van der Waals surface area contributed by atoms with E-state index in [9.17, 15) is 19.7 Å². The van der Waals surface area contributed by atoms with E-state index < -0.39 is 19.1 Å². The predicted octanol–water partition coefficient (Wildman–Crippen LogP) is 2.48. The number of hydrogen-bond donors (Lipinski definition) is 2. The summed E-state index contributed by atoms with van der Waals surface area (Å²) in [6, 6.07) is 4.61. The molecule has 0 unspecified atom stereocenters. The monoisotopic (exact) mass is 389 g/mol. The molecular formula is C19H21BClNO5. The molecule has 2 amide bonds. The number of allylic oxidation sites excluding steroid dienone is 2. The van der Waals surface area contributed by atoms with Gasteiger partial charge in [-0.3, -0.25) is 14.5 Å². The number of phenols is 1. The first-order chi connectivity index (χ1) is 12.8. The molecule has 0 spiro atoms. The molecule has 3 aliphatic rings. The Morgan fingerprint density at radius 1 is 1.30 bits per heavy atom. The summed E-state index contributed by atoms with van der Waals surface area (Å²) in [4.78, 5) is 26.5. The SMILES string of the molecule is CCC1=C2B(O)O[C@H](c3ccc(O)cc3Cl)C[C@H]2[C@H]2C(=O)N(C)C(=O)[C@H]2C1. The molecular weight excluding hydrogens is 368 g/mol. The van der Waals surface area contributed by atoms with Gasteiger partial charge in [-0.25, -0.2) is 0 Å². The van der Waals surface area contributed by atoms with Gasteiger partial charge in [0.2, 0.25) is 11.8 Å². The molecule has 0 aromatic heterocycles. The predicted molar refractivity (Wildman–Crippen MR) is 99.7 cm³/mol. The summed E-state index contributed by atoms with van der Waals surface area (Å²) >= 11 is 6.27. The zero-order chi connectivity index (χ0) is 19.5. The normalized spacial score (nSPS) is 30.7. The maximum absolute atomic E-state index is 12.8. The maximum Gasteiger partial charge on any atom is 0.487 e. The van der Waals surface area contributed by atoms with E-state index in [1.807, 2.05) is 6.92 Å². The average molecular weight is 390 g/mol. The number of nitrogens with zero attached hydrogens (tertiary/aromatic N) is 1. The van der Waals surface area contributed by atoms with Crippen molar-refractivity contribution < 1.29 is 24.4 Å². The second kappa shape index (κ2) is 6.65. The summed E-state index contributed by atoms with van der Waals surface area (Å²) in [6.45, 7) is 1.99. The topological polar surface area (TPSA) is 87.1 Å². The molecule has 0 bridgehead atoms. The lowest BCUT2D eigenvalue weighted by atomic mass is 9.55. The minimum Gasteiger partial charge on any atom is -0.508 e. The lowest BCUT2D eigenvalue weighted by Gasteiger charge is -2.42. The zero-order valence-corrected chi connectivity index (χ0v) is 15.9. The van der Waals surface area contributed by atoms with E-state index in [0.29, 0.717) is 29.8 Å². The van der Waals surface area contributed by atoms with Crippen LogP contribution in [-0.4, -0.2) is 41.0 Å². The number of phenolic OH excluding ortho intramolecular Hbond substituents is 1. The number of benzene rings is 1. The van der Waals surface area contributed by atoms with E-state index in [0.717, 1.165) is 11.0 Å². The molecule has 1 aromatic carbocycles. The second-order valence-corrected chi connectivity index (χ2v) is 7.92. The molecule has 2 aliphatic heterocycles. The molecule has 4 rings (SSSR count). The Hall–Kier alpha value is -1.83. The van der Waals surface area contributed by atoms with Crippen molar-refractivity contribution in [2.24, 2.45) is 17.8 Å². The van der Waals surface area contributed by atoms with Crippen LogP contribution in [0, 0.1) is 17.8 Å². The number of carbonyl (C=O) groups is 2. The van der Waals surface area contributed by atoms with Crippen molar-refractivity contribution in [1.29, 1.82) is 0 Å². The Balaban J connectivity index is 1.76. The van der Waals surface area contributed by atoms with Crippen LogP contribution in [0.2, 0.25) is 5.02 Å². The van der Waals surface area contributed by atoms with Gasteiger partial charge in [-0.1, -0.05) is 30.2 Å². The molecule has 1 aromatic rings. The third-order valence-corrected chi connectivity index (χ3v) is 6.52. The molecule has 0 saturated carbocycles. The zero-order valence-electron chi connectivity index (χ0n) is 15.2. The number of aromatic hydroxyl groups is 1. The molecule has 4 atom stereocenters. The minimum absolute atomic E-state index is 0.0462. The van der Waals surface area contributed by atoms with Gasteiger partial charge in [0.25, 0.3) is 0 Å². The van der Waals surface area contributed by atoms with E-state index >= 15 is 0 Å². The van der Waals surface area contributed by atoms with E-state index in [-0.39, 0.29) is 29.4 Å². The molecule has 2 heterocycles. The second-order valence-electron chi connectivity index (χ2n) is 7.51. The van der Waals surface area contributed by atoms with Gasteiger partial charge in [-0.05, 0) is 48.3 Å². The fraction of sp³-hybridized carbons (Fsp3) is 0.474. The van der Waals surface area contributed by atoms with Gasteiger partial charge in [0.15, 0.2) is 0 Å². The minimum atomic E-state index is -1.14. The van der Waals surface area contributed by atoms with E-state index in [1.54, 1.807) is 6.07 Å². The fourth-order valence-corrected chi connectivity index (χ4v) is 5.18. The Labute approximate surface area is 162 Å². The smallest absolute Gasteiger partial charge is 0.487 e. The summed E-state index contributed by atoms with van der Waals surface area (Å²) in [5.41, 5.74) is 2.40. The van der Waals surface area contributed by atoms with Crippen LogP contribution < -0.4 is 0 Å². The summed E-state index contributed by atoms with van der Waals surface area (Å²) < 4.78 is 5.85. The van der Waals surface area contributed by atoms with E-state index in [1.165, 1.54) is 24.1 Å². The van der Waals surface area contributed by atoms with Gasteiger partial charge in [0, 0.05) is 12.1 Å². The summed E-state index contributed by atoms with van der Waals surface area (Å²) in [7, 11) is 0.390. The molecule has 142 valence electrons. The average Bonchev–Trinajstić information content (AvgIpc) is 2.85. The highest BCUT2D eigenvalue weighted by Crippen LogP contribution is 2.52. The molecule has 1 aliphatic carbocycles. The van der Waals surface area contributed by atoms with Crippen LogP contribution in [0.5, 0.6) is 5.75 Å². The third-order valence-electron chi connectivity index (χ3n) is 6.19. The fourth-order valence-electron chi connectivity index (χ4n) is 4.88. The largest absolute Gasteiger partial charge is 0.508 e. The van der Waals surface area contributed by atoms with Crippen LogP contribution >= 0.6 is 11.6 Å². The van der Waals surface area contributed by atoms with Crippen molar-refractivity contribution in [3.8, 4) is 5.75 Å². The molecule has 2 saturated heterocycles. The molecule has 2 N–H and O–H groups in total. The number of likely N-dealkylation sites (tertiary alicyclic amines) is 1. The van der Waals surface area contributed by atoms with Gasteiger partial charge in [-0.15, -0.1) is 0 Å². The van der Waals surface area contributed by atoms with Crippen LogP contribution in [-0.2, 0) is 14.2 Å². The van der Waals surface area contributed by atoms with E-state index in [2.05, 4.69) is 0 Å². The van der Waals surface area contributed by atoms with Crippen LogP contribution in [0.3, 0.4) is 0 Å². The number of fused-ring (bicyclic) bond motifs is 3. The Morgan fingerprint density at radius 3 is 2.70 bits per heavy atom. The molecule has 27 heavy (non-hydrogen) atoms. The summed E-state index contributed by atoms with van der Waals surface area (Å²) in [5.74, 6) is -1.39. The van der Waals surface area contributed by atoms with Crippen molar-refractivity contribution in [2.75, 3.05) is 7.05 Å². The summed E-state index contributed by atoms with van der Waals surface area (Å²) in [6.07, 6.45) is 1.12. The molecule has 6 nitrogen and oxygen atoms in total. The van der Waals surface area contributed by atoms with Crippen LogP contribution in [0.15, 0.2) is 29.2 Å². The number of hydrogen-bond acceptors (Lipinski definition) is 5. The molecule has 0 radical (unpaired) electrons. The highest BCUT2D eigenvalue weighted by Gasteiger charge is 2.56. The lowest BCUT2D eigenvalue weighted by Crippen LogP contribution is -2.44. The van der Waals surface area contributed by atoms with Gasteiger partial charge in [0.05, 0.1) is 17.9 Å². The quantitative estimate of drug-likeness (QED) is 0.599. The Morgan fingerprint density at radius 2 is 2.04 bits per heavy atom. The number of amides is 2. The van der Waals surface area contributed by atoms with Crippen molar-refractivity contribution in [2.45, 2.75) is 32.3 Å². The van der Waals surface area contributed by atoms with Gasteiger partial charge in [-0.2, -0.15) is 0 Å². The van der Waals surface area contributed by atoms with Crippen LogP contribution in [0.25, 0.3) is 0 Å². The Bertz CT molecular complexity index is 857. The van der Waals surface area contributed by atoms with Crippen LogP contribution in [0.4, 0.5) is 0 Å². The van der Waals surface area contributed by atoms with Gasteiger partial charge < -0.3 is 14.8 Å². The first-order valence-electron chi connectivity index (χ1n) is 9.18. The number of imide groups is 1. The summed E-state index contributed by atoms with van der Waals surface area (Å²) in [5, 5.41) is 20.7. The van der Waals surface area contributed by atoms with Crippen molar-refractivity contribution in [1.82, 2.24) is 4.90 Å². The maximum atomic E-state index is 12.8. The first-order valence-corrected chi connectivity index (χ1v) is 9.56. The molecule has 8 heteroatoms. The van der Waals surface area contributed by atoms with Crippen LogP contribution in [0.1, 0.15) is 37.9 Å². The van der Waals surface area contributed by atoms with Crippen molar-refractivity contribution in [3.63, 3.8) is 0 Å². The van der Waals surface area contributed by atoms with E-state index in [4.69, 9.17) is 16.3 Å². The van der Waals surface area contributed by atoms with Gasteiger partial charge >= 0.3 is 7.12 Å². The first kappa shape index (κ1) is 18.5. The van der Waals surface area contributed by atoms with Crippen molar-refractivity contribution in [3.05, 3.63) is 39.8 Å². The molecule has 2 fully saturated rings. The van der Waals surface area contributed by atoms with Crippen molar-refractivity contribution >= 4 is 30.5 Å². The van der Waals surface area contributed by atoms with Gasteiger partial charge in [0.1, 0.15) is 5.75 Å². The highest BCUT2D eigenvalue weighted by atomic mass is 35.5. The Kier molecular flexibility index (Phi) is 4.57. The standard InChI is InChI=1S/C19H21BClNO5/c1-3-9-6-13-16(19(25)22(2)18(13)24)12-8-15(27-20(26)17(9)12)11-5-4-10(23)7-14(11)21/h4-5,7,12-13,15-16,23,26H,3,6,8H2,1-2H3/t12-,13-,15-,16+/m0/s1. The third kappa shape index (κ3) is 2.80. The number of rotatable bonds is 2. The highest BCUT2D eigenvalue weighted by molar-refractivity contribution is 6.53. The number of halogens is 1. The number of carbonyl (C=O) groups excluding carboxylic acids is 2.